The lowest BCUT2D eigenvalue weighted by molar-refractivity contribution is -0.165. The van der Waals surface area contributed by atoms with Crippen LogP contribution in [0.15, 0.2) is 34.8 Å². The Kier molecular flexibility index (Phi) is 3.74. The Hall–Kier alpha value is -1.30. The second kappa shape index (κ2) is 4.69. The van der Waals surface area contributed by atoms with Crippen molar-refractivity contribution in [3.63, 3.8) is 0 Å². The van der Waals surface area contributed by atoms with Gasteiger partial charge in [0, 0.05) is 16.1 Å². The Morgan fingerprint density at radius 3 is 2.50 bits per heavy atom. The molecule has 0 aliphatic heterocycles. The van der Waals surface area contributed by atoms with E-state index in [-0.39, 0.29) is 11.6 Å². The summed E-state index contributed by atoms with van der Waals surface area (Å²) >= 11 is 3.09. The third-order valence-electron chi connectivity index (χ3n) is 1.67. The lowest BCUT2D eigenvalue weighted by Crippen LogP contribution is -2.20. The fourth-order valence-electron chi connectivity index (χ4n) is 0.937. The number of alkyl halides is 3. The molecule has 0 atom stereocenters. The third-order valence-corrected chi connectivity index (χ3v) is 2.16. The van der Waals surface area contributed by atoms with E-state index in [2.05, 4.69) is 15.9 Å². The highest BCUT2D eigenvalue weighted by Gasteiger charge is 2.36. The SMILES string of the molecule is O=C(C=C(O)c1cccc(Br)c1)C(F)(F)F. The molecule has 0 bridgehead atoms. The van der Waals surface area contributed by atoms with Crippen molar-refractivity contribution in [2.24, 2.45) is 0 Å². The molecule has 0 radical (unpaired) electrons. The molecule has 2 nitrogen and oxygen atoms in total. The van der Waals surface area contributed by atoms with Gasteiger partial charge in [0.1, 0.15) is 5.76 Å². The van der Waals surface area contributed by atoms with Gasteiger partial charge >= 0.3 is 6.18 Å². The lowest BCUT2D eigenvalue weighted by Gasteiger charge is -2.03. The standard InChI is InChI=1S/C10H6BrF3O2/c11-7-3-1-2-6(4-7)8(15)5-9(16)10(12,13)14/h1-5,15H. The molecule has 0 aromatic heterocycles. The number of ketones is 1. The minimum Gasteiger partial charge on any atom is -0.507 e. The van der Waals surface area contributed by atoms with Gasteiger partial charge in [-0.05, 0) is 12.1 Å². The smallest absolute Gasteiger partial charge is 0.454 e. The average molecular weight is 295 g/mol. The van der Waals surface area contributed by atoms with Gasteiger partial charge in [-0.15, -0.1) is 0 Å². The fraction of sp³-hybridized carbons (Fsp3) is 0.100. The molecule has 1 rings (SSSR count). The summed E-state index contributed by atoms with van der Waals surface area (Å²) in [6.45, 7) is 0. The van der Waals surface area contributed by atoms with Crippen molar-refractivity contribution < 1.29 is 23.1 Å². The monoisotopic (exact) mass is 294 g/mol. The summed E-state index contributed by atoms with van der Waals surface area (Å²) in [5, 5.41) is 9.30. The van der Waals surface area contributed by atoms with Crippen molar-refractivity contribution in [1.82, 2.24) is 0 Å². The molecule has 0 saturated heterocycles. The van der Waals surface area contributed by atoms with Crippen molar-refractivity contribution >= 4 is 27.5 Å². The van der Waals surface area contributed by atoms with Gasteiger partial charge in [-0.3, -0.25) is 4.79 Å². The van der Waals surface area contributed by atoms with Crippen LogP contribution in [-0.4, -0.2) is 17.1 Å². The number of allylic oxidation sites excluding steroid dienone is 1. The number of hydrogen-bond donors (Lipinski definition) is 1. The Labute approximate surface area is 97.5 Å². The number of aliphatic hydroxyl groups excluding tert-OH is 1. The van der Waals surface area contributed by atoms with Gasteiger partial charge in [-0.1, -0.05) is 28.1 Å². The molecule has 0 aliphatic rings. The summed E-state index contributed by atoms with van der Waals surface area (Å²) in [5.41, 5.74) is 0.131. The van der Waals surface area contributed by atoms with Crippen LogP contribution in [0.2, 0.25) is 0 Å². The quantitative estimate of drug-likeness (QED) is 0.670. The maximum absolute atomic E-state index is 11.9. The van der Waals surface area contributed by atoms with Gasteiger partial charge in [0.05, 0.1) is 0 Å². The summed E-state index contributed by atoms with van der Waals surface area (Å²) in [4.78, 5) is 10.6. The average Bonchev–Trinajstić information content (AvgIpc) is 2.16. The number of benzene rings is 1. The molecule has 0 spiro atoms. The molecule has 0 unspecified atom stereocenters. The molecule has 1 N–H and O–H groups in total. The Morgan fingerprint density at radius 2 is 2.00 bits per heavy atom. The van der Waals surface area contributed by atoms with Crippen LogP contribution >= 0.6 is 15.9 Å². The minimum atomic E-state index is -4.97. The first kappa shape index (κ1) is 12.8. The number of rotatable bonds is 2. The van der Waals surface area contributed by atoms with Gasteiger partial charge < -0.3 is 5.11 Å². The highest BCUT2D eigenvalue weighted by molar-refractivity contribution is 9.10. The highest BCUT2D eigenvalue weighted by atomic mass is 79.9. The van der Waals surface area contributed by atoms with Crippen LogP contribution in [0.4, 0.5) is 13.2 Å². The Morgan fingerprint density at radius 1 is 1.38 bits per heavy atom. The maximum atomic E-state index is 11.9. The zero-order chi connectivity index (χ0) is 12.3. The van der Waals surface area contributed by atoms with Crippen LogP contribution in [0.25, 0.3) is 5.76 Å². The predicted octanol–water partition coefficient (Wildman–Crippen LogP) is 3.48. The number of carbonyl (C=O) groups excluding carboxylic acids is 1. The summed E-state index contributed by atoms with van der Waals surface area (Å²) in [6.07, 6.45) is -4.82. The summed E-state index contributed by atoms with van der Waals surface area (Å²) in [6, 6.07) is 5.96. The van der Waals surface area contributed by atoms with Crippen LogP contribution in [0, 0.1) is 0 Å². The normalized spacial score (nSPS) is 12.6. The van der Waals surface area contributed by atoms with Crippen LogP contribution in [0.5, 0.6) is 0 Å². The molecule has 0 heterocycles. The molecule has 86 valence electrons. The number of carbonyl (C=O) groups is 1. The first-order valence-corrected chi connectivity index (χ1v) is 4.88. The fourth-order valence-corrected chi connectivity index (χ4v) is 1.34. The topological polar surface area (TPSA) is 37.3 Å². The Balaban J connectivity index is 2.99. The molecular formula is C10H6BrF3O2. The molecule has 0 amide bonds. The van der Waals surface area contributed by atoms with Gasteiger partial charge in [0.25, 0.3) is 5.78 Å². The van der Waals surface area contributed by atoms with E-state index in [4.69, 9.17) is 0 Å². The van der Waals surface area contributed by atoms with Crippen LogP contribution in [0.1, 0.15) is 5.56 Å². The van der Waals surface area contributed by atoms with E-state index >= 15 is 0 Å². The van der Waals surface area contributed by atoms with Gasteiger partial charge in [0.2, 0.25) is 0 Å². The zero-order valence-corrected chi connectivity index (χ0v) is 9.34. The van der Waals surface area contributed by atoms with E-state index in [9.17, 15) is 23.1 Å². The van der Waals surface area contributed by atoms with Gasteiger partial charge in [-0.2, -0.15) is 13.2 Å². The Bertz CT molecular complexity index is 438. The molecule has 16 heavy (non-hydrogen) atoms. The molecule has 1 aromatic rings. The van der Waals surface area contributed by atoms with Crippen molar-refractivity contribution in [2.45, 2.75) is 6.18 Å². The molecular weight excluding hydrogens is 289 g/mol. The van der Waals surface area contributed by atoms with Crippen LogP contribution in [-0.2, 0) is 4.79 Å². The first-order chi connectivity index (χ1) is 7.30. The summed E-state index contributed by atoms with van der Waals surface area (Å²) in [7, 11) is 0. The van der Waals surface area contributed by atoms with Crippen molar-refractivity contribution in [3.05, 3.63) is 40.4 Å². The van der Waals surface area contributed by atoms with Crippen molar-refractivity contribution in [3.8, 4) is 0 Å². The number of aliphatic hydroxyl groups is 1. The van der Waals surface area contributed by atoms with Crippen molar-refractivity contribution in [2.75, 3.05) is 0 Å². The highest BCUT2D eigenvalue weighted by Crippen LogP contribution is 2.21. The second-order valence-corrected chi connectivity index (χ2v) is 3.82. The van der Waals surface area contributed by atoms with Crippen LogP contribution in [0.3, 0.4) is 0 Å². The second-order valence-electron chi connectivity index (χ2n) is 2.90. The lowest BCUT2D eigenvalue weighted by atomic mass is 10.1. The summed E-state index contributed by atoms with van der Waals surface area (Å²) in [5.74, 6) is -2.81. The molecule has 0 aliphatic carbocycles. The van der Waals surface area contributed by atoms with E-state index in [0.717, 1.165) is 0 Å². The van der Waals surface area contributed by atoms with E-state index in [0.29, 0.717) is 4.47 Å². The molecule has 0 fully saturated rings. The predicted molar refractivity (Wildman–Crippen MR) is 55.8 cm³/mol. The van der Waals surface area contributed by atoms with E-state index in [1.165, 1.54) is 18.2 Å². The first-order valence-electron chi connectivity index (χ1n) is 4.08. The van der Waals surface area contributed by atoms with E-state index in [1.807, 2.05) is 0 Å². The summed E-state index contributed by atoms with van der Waals surface area (Å²) < 4.78 is 36.3. The zero-order valence-electron chi connectivity index (χ0n) is 7.75. The van der Waals surface area contributed by atoms with E-state index < -0.39 is 17.7 Å². The van der Waals surface area contributed by atoms with Gasteiger partial charge in [0.15, 0.2) is 0 Å². The largest absolute Gasteiger partial charge is 0.507 e. The van der Waals surface area contributed by atoms with Crippen molar-refractivity contribution in [1.29, 1.82) is 0 Å². The molecule has 0 saturated carbocycles. The minimum absolute atomic E-state index is 0.131. The molecule has 6 heteroatoms. The van der Waals surface area contributed by atoms with Gasteiger partial charge in [-0.25, -0.2) is 0 Å². The third kappa shape index (κ3) is 3.37. The molecule has 1 aromatic carbocycles. The van der Waals surface area contributed by atoms with E-state index in [1.54, 1.807) is 6.07 Å². The maximum Gasteiger partial charge on any atom is 0.454 e. The number of hydrogen-bond acceptors (Lipinski definition) is 2. The van der Waals surface area contributed by atoms with Crippen LogP contribution < -0.4 is 0 Å². The number of halogens is 4.